The van der Waals surface area contributed by atoms with E-state index in [1.807, 2.05) is 6.92 Å². The molecule has 1 nitrogen and oxygen atoms in total. The van der Waals surface area contributed by atoms with E-state index in [1.54, 1.807) is 0 Å². The van der Waals surface area contributed by atoms with E-state index in [1.165, 1.54) is 12.1 Å². The van der Waals surface area contributed by atoms with Gasteiger partial charge in [-0.05, 0) is 0 Å². The Labute approximate surface area is 122 Å². The van der Waals surface area contributed by atoms with Crippen molar-refractivity contribution >= 4 is 30.3 Å². The predicted octanol–water partition coefficient (Wildman–Crippen LogP) is 5.13. The van der Waals surface area contributed by atoms with Gasteiger partial charge in [0, 0.05) is 0 Å². The van der Waals surface area contributed by atoms with Crippen molar-refractivity contribution in [2.75, 3.05) is 5.44 Å². The van der Waals surface area contributed by atoms with E-state index >= 15 is 0 Å². The fourth-order valence-corrected chi connectivity index (χ4v) is 7.52. The van der Waals surface area contributed by atoms with Gasteiger partial charge in [0.25, 0.3) is 0 Å². The van der Waals surface area contributed by atoms with Crippen molar-refractivity contribution < 1.29 is 9.13 Å². The van der Waals surface area contributed by atoms with Crippen LogP contribution in [-0.2, 0) is 0 Å². The topological polar surface area (TPSA) is 9.23 Å². The van der Waals surface area contributed by atoms with E-state index in [4.69, 9.17) is 4.74 Å². The Morgan fingerprint density at radius 3 is 2.22 bits per heavy atom. The van der Waals surface area contributed by atoms with Gasteiger partial charge in [-0.2, -0.15) is 0 Å². The molecule has 0 fully saturated rings. The minimum atomic E-state index is -1.23. The van der Waals surface area contributed by atoms with Gasteiger partial charge in [0.1, 0.15) is 0 Å². The quantitative estimate of drug-likeness (QED) is 0.647. The fraction of sp³-hybridized carbons (Fsp3) is 0.571. The average Bonchev–Trinajstić information content (AvgIpc) is 2.20. The first-order valence-electron chi connectivity index (χ1n) is 6.27. The van der Waals surface area contributed by atoms with Crippen molar-refractivity contribution in [3.8, 4) is 5.75 Å². The first-order chi connectivity index (χ1) is 8.32. The molecule has 1 aromatic rings. The Bertz CT molecular complexity index is 376. The van der Waals surface area contributed by atoms with Gasteiger partial charge in [-0.1, -0.05) is 0 Å². The monoisotopic (exact) mass is 377 g/mol. The first kappa shape index (κ1) is 16.0. The second-order valence-electron chi connectivity index (χ2n) is 5.21. The van der Waals surface area contributed by atoms with Gasteiger partial charge in [-0.15, -0.1) is 0 Å². The standard InChI is InChI=1S/C14H21BrFGeO/c1-9(2)17(10(3)4)8-18-14-11(5)6-12(16)7-13(14)15/h6-7,9-10H,8H2,1-5H3. The van der Waals surface area contributed by atoms with Crippen LogP contribution in [0.3, 0.4) is 0 Å². The number of benzene rings is 1. The Morgan fingerprint density at radius 1 is 1.22 bits per heavy atom. The number of hydrogen-bond acceptors (Lipinski definition) is 1. The first-order valence-corrected chi connectivity index (χ1v) is 11.0. The number of ether oxygens (including phenoxy) is 1. The Balaban J connectivity index is 2.80. The zero-order chi connectivity index (χ0) is 13.9. The van der Waals surface area contributed by atoms with Crippen LogP contribution in [0.2, 0.25) is 9.50 Å². The molecule has 0 aliphatic heterocycles. The number of hydrogen-bond donors (Lipinski definition) is 0. The summed E-state index contributed by atoms with van der Waals surface area (Å²) >= 11 is 2.15. The van der Waals surface area contributed by atoms with Crippen LogP contribution in [0, 0.1) is 12.7 Å². The van der Waals surface area contributed by atoms with Crippen molar-refractivity contribution in [1.29, 1.82) is 0 Å². The van der Waals surface area contributed by atoms with Gasteiger partial charge >= 0.3 is 123 Å². The molecule has 0 heterocycles. The molecule has 0 spiro atoms. The molecule has 101 valence electrons. The molecule has 4 heteroatoms. The van der Waals surface area contributed by atoms with E-state index in [9.17, 15) is 4.39 Å². The molecule has 0 aromatic heterocycles. The zero-order valence-electron chi connectivity index (χ0n) is 11.7. The van der Waals surface area contributed by atoms with Crippen molar-refractivity contribution in [1.82, 2.24) is 0 Å². The second-order valence-corrected chi connectivity index (χ2v) is 13.9. The van der Waals surface area contributed by atoms with Gasteiger partial charge in [0.2, 0.25) is 0 Å². The van der Waals surface area contributed by atoms with E-state index in [0.717, 1.165) is 26.3 Å². The molecular weight excluding hydrogens is 356 g/mol. The van der Waals surface area contributed by atoms with E-state index < -0.39 is 14.3 Å². The zero-order valence-corrected chi connectivity index (χ0v) is 15.4. The van der Waals surface area contributed by atoms with Crippen molar-refractivity contribution in [2.24, 2.45) is 0 Å². The molecule has 1 radical (unpaired) electrons. The van der Waals surface area contributed by atoms with Crippen LogP contribution in [0.15, 0.2) is 16.6 Å². The van der Waals surface area contributed by atoms with Gasteiger partial charge in [0.15, 0.2) is 0 Å². The average molecular weight is 377 g/mol. The Hall–Kier alpha value is -0.0271. The van der Waals surface area contributed by atoms with Crippen molar-refractivity contribution in [2.45, 2.75) is 44.1 Å². The summed E-state index contributed by atoms with van der Waals surface area (Å²) < 4.78 is 21.3. The molecule has 1 rings (SSSR count). The normalized spacial score (nSPS) is 11.7. The SMILES string of the molecule is Cc1cc(F)cc(Br)c1O[CH2][Ge]([CH](C)C)[CH](C)C. The van der Waals surface area contributed by atoms with Crippen molar-refractivity contribution in [3.05, 3.63) is 28.0 Å². The molecule has 0 saturated heterocycles. The Kier molecular flexibility index (Phi) is 6.18. The van der Waals surface area contributed by atoms with Crippen LogP contribution in [-0.4, -0.2) is 19.8 Å². The molecule has 0 amide bonds. The summed E-state index contributed by atoms with van der Waals surface area (Å²) in [7, 11) is 0. The molecule has 0 bridgehead atoms. The van der Waals surface area contributed by atoms with Gasteiger partial charge in [-0.3, -0.25) is 0 Å². The van der Waals surface area contributed by atoms with Crippen LogP contribution in [0.25, 0.3) is 0 Å². The third-order valence-corrected chi connectivity index (χ3v) is 10.9. The summed E-state index contributed by atoms with van der Waals surface area (Å²) in [5, 5.41) is 0. The van der Waals surface area contributed by atoms with Crippen molar-refractivity contribution in [3.63, 3.8) is 0 Å². The molecule has 0 N–H and O–H groups in total. The van der Waals surface area contributed by atoms with E-state index in [0.29, 0.717) is 4.47 Å². The minimum absolute atomic E-state index is 0.226. The van der Waals surface area contributed by atoms with Crippen LogP contribution >= 0.6 is 15.9 Å². The number of halogens is 2. The van der Waals surface area contributed by atoms with Gasteiger partial charge in [0.05, 0.1) is 0 Å². The second kappa shape index (κ2) is 6.94. The maximum atomic E-state index is 13.2. The summed E-state index contributed by atoms with van der Waals surface area (Å²) in [6, 6.07) is 2.98. The number of aryl methyl sites for hydroxylation is 1. The van der Waals surface area contributed by atoms with Gasteiger partial charge in [-0.25, -0.2) is 0 Å². The molecular formula is C14H21BrFGeO. The van der Waals surface area contributed by atoms with E-state index in [2.05, 4.69) is 43.6 Å². The van der Waals surface area contributed by atoms with Crippen LogP contribution < -0.4 is 4.74 Å². The maximum absolute atomic E-state index is 13.2. The summed E-state index contributed by atoms with van der Waals surface area (Å²) in [5.41, 5.74) is 1.69. The van der Waals surface area contributed by atoms with Crippen LogP contribution in [0.1, 0.15) is 33.3 Å². The molecule has 0 aliphatic carbocycles. The Morgan fingerprint density at radius 2 is 1.78 bits per heavy atom. The summed E-state index contributed by atoms with van der Waals surface area (Å²) in [4.78, 5) is 0. The molecule has 18 heavy (non-hydrogen) atoms. The molecule has 0 atom stereocenters. The summed E-state index contributed by atoms with van der Waals surface area (Å²) in [5.74, 6) is 0.568. The molecule has 0 unspecified atom stereocenters. The summed E-state index contributed by atoms with van der Waals surface area (Å²) in [6.07, 6.45) is 0. The third-order valence-electron chi connectivity index (χ3n) is 3.06. The third kappa shape index (κ3) is 4.27. The number of rotatable bonds is 5. The van der Waals surface area contributed by atoms with Crippen LogP contribution in [0.5, 0.6) is 5.75 Å². The van der Waals surface area contributed by atoms with E-state index in [-0.39, 0.29) is 5.82 Å². The van der Waals surface area contributed by atoms with Gasteiger partial charge < -0.3 is 0 Å². The fourth-order valence-electron chi connectivity index (χ4n) is 2.03. The molecule has 0 aliphatic rings. The molecule has 1 aromatic carbocycles. The molecule has 0 saturated carbocycles. The summed E-state index contributed by atoms with van der Waals surface area (Å²) in [6.45, 7) is 11.0. The van der Waals surface area contributed by atoms with Crippen LogP contribution in [0.4, 0.5) is 4.39 Å². The predicted molar refractivity (Wildman–Crippen MR) is 80.3 cm³/mol.